The van der Waals surface area contributed by atoms with Crippen LogP contribution in [0.3, 0.4) is 0 Å². The molecular weight excluding hydrogens is 358 g/mol. The van der Waals surface area contributed by atoms with Gasteiger partial charge in [0.2, 0.25) is 0 Å². The molecule has 140 valence electrons. The van der Waals surface area contributed by atoms with Crippen LogP contribution < -0.4 is 9.64 Å². The highest BCUT2D eigenvalue weighted by Crippen LogP contribution is 2.40. The van der Waals surface area contributed by atoms with E-state index in [0.29, 0.717) is 16.2 Å². The van der Waals surface area contributed by atoms with Crippen LogP contribution in [0.2, 0.25) is 0 Å². The van der Waals surface area contributed by atoms with Gasteiger partial charge in [-0.3, -0.25) is 9.59 Å². The maximum atomic E-state index is 13.2. The number of carbonyl (C=O) groups is 2. The highest BCUT2D eigenvalue weighted by atomic mass is 32.2. The topological polar surface area (TPSA) is 46.6 Å². The van der Waals surface area contributed by atoms with Crippen molar-refractivity contribution in [2.45, 2.75) is 39.0 Å². The third-order valence-corrected chi connectivity index (χ3v) is 5.01. The standard InChI is InChI=1S/C22H23NO3S/c1-14(2)26-18-12-10-16(11-13-18)19-20(27-15(3)4)22(25)23(21(19)24)17-8-6-5-7-9-17/h5-15H,1-4H3. The molecule has 0 N–H and O–H groups in total. The predicted octanol–water partition coefficient (Wildman–Crippen LogP) is 4.90. The molecule has 0 unspecified atom stereocenters. The molecule has 1 heterocycles. The van der Waals surface area contributed by atoms with Gasteiger partial charge in [0.05, 0.1) is 22.3 Å². The van der Waals surface area contributed by atoms with Crippen molar-refractivity contribution in [2.24, 2.45) is 0 Å². The van der Waals surface area contributed by atoms with Crippen LogP contribution in [0.15, 0.2) is 59.5 Å². The molecule has 0 aliphatic carbocycles. The summed E-state index contributed by atoms with van der Waals surface area (Å²) in [5.74, 6) is 0.193. The van der Waals surface area contributed by atoms with E-state index in [1.807, 2.05) is 70.2 Å². The zero-order valence-electron chi connectivity index (χ0n) is 15.9. The van der Waals surface area contributed by atoms with Crippen LogP contribution in [0.25, 0.3) is 5.57 Å². The largest absolute Gasteiger partial charge is 0.491 e. The number of hydrogen-bond donors (Lipinski definition) is 0. The van der Waals surface area contributed by atoms with E-state index in [2.05, 4.69) is 0 Å². The third kappa shape index (κ3) is 4.08. The molecule has 0 saturated carbocycles. The number of hydrogen-bond acceptors (Lipinski definition) is 4. The summed E-state index contributed by atoms with van der Waals surface area (Å²) in [6, 6.07) is 16.4. The summed E-state index contributed by atoms with van der Waals surface area (Å²) >= 11 is 1.43. The Kier molecular flexibility index (Phi) is 5.71. The molecule has 2 aromatic rings. The lowest BCUT2D eigenvalue weighted by atomic mass is 10.1. The van der Waals surface area contributed by atoms with Gasteiger partial charge in [-0.1, -0.05) is 44.2 Å². The van der Waals surface area contributed by atoms with Crippen molar-refractivity contribution in [3.05, 3.63) is 65.1 Å². The van der Waals surface area contributed by atoms with Crippen molar-refractivity contribution in [3.63, 3.8) is 0 Å². The second-order valence-electron chi connectivity index (χ2n) is 6.84. The van der Waals surface area contributed by atoms with Crippen LogP contribution in [0.5, 0.6) is 5.75 Å². The lowest BCUT2D eigenvalue weighted by Crippen LogP contribution is -2.31. The number of anilines is 1. The number of amides is 2. The maximum Gasteiger partial charge on any atom is 0.272 e. The number of nitrogens with zero attached hydrogens (tertiary/aromatic N) is 1. The number of rotatable bonds is 6. The minimum absolute atomic E-state index is 0.0744. The zero-order valence-corrected chi connectivity index (χ0v) is 16.7. The number of imide groups is 1. The normalized spacial score (nSPS) is 14.7. The Bertz CT molecular complexity index is 870. The van der Waals surface area contributed by atoms with Gasteiger partial charge in [-0.2, -0.15) is 0 Å². The maximum absolute atomic E-state index is 13.2. The highest BCUT2D eigenvalue weighted by Gasteiger charge is 2.40. The summed E-state index contributed by atoms with van der Waals surface area (Å²) in [5.41, 5.74) is 1.77. The van der Waals surface area contributed by atoms with Gasteiger partial charge in [-0.25, -0.2) is 4.90 Å². The summed E-state index contributed by atoms with van der Waals surface area (Å²) in [4.78, 5) is 28.0. The molecule has 1 aliphatic rings. The lowest BCUT2D eigenvalue weighted by molar-refractivity contribution is -0.119. The van der Waals surface area contributed by atoms with E-state index < -0.39 is 0 Å². The Hall–Kier alpha value is -2.53. The first kappa shape index (κ1) is 19.2. The minimum Gasteiger partial charge on any atom is -0.491 e. The molecule has 2 aromatic carbocycles. The monoisotopic (exact) mass is 381 g/mol. The molecular formula is C22H23NO3S. The Balaban J connectivity index is 2.02. The van der Waals surface area contributed by atoms with E-state index in [4.69, 9.17) is 4.74 Å². The van der Waals surface area contributed by atoms with Gasteiger partial charge in [0, 0.05) is 5.25 Å². The average Bonchev–Trinajstić information content (AvgIpc) is 2.86. The Labute approximate surface area is 164 Å². The van der Waals surface area contributed by atoms with Crippen LogP contribution in [-0.4, -0.2) is 23.2 Å². The number of benzene rings is 2. The molecule has 1 aliphatic heterocycles. The predicted molar refractivity (Wildman–Crippen MR) is 111 cm³/mol. The van der Waals surface area contributed by atoms with Crippen molar-refractivity contribution >= 4 is 34.8 Å². The smallest absolute Gasteiger partial charge is 0.272 e. The van der Waals surface area contributed by atoms with E-state index in [0.717, 1.165) is 11.3 Å². The van der Waals surface area contributed by atoms with Crippen LogP contribution >= 0.6 is 11.8 Å². The van der Waals surface area contributed by atoms with Crippen LogP contribution in [-0.2, 0) is 9.59 Å². The summed E-state index contributed by atoms with van der Waals surface area (Å²) < 4.78 is 5.68. The Morgan fingerprint density at radius 3 is 2.04 bits per heavy atom. The molecule has 0 atom stereocenters. The van der Waals surface area contributed by atoms with E-state index in [1.54, 1.807) is 12.1 Å². The first-order valence-corrected chi connectivity index (χ1v) is 9.88. The number of para-hydroxylation sites is 1. The van der Waals surface area contributed by atoms with Crippen molar-refractivity contribution in [1.29, 1.82) is 0 Å². The molecule has 0 fully saturated rings. The number of thioether (sulfide) groups is 1. The molecule has 4 nitrogen and oxygen atoms in total. The lowest BCUT2D eigenvalue weighted by Gasteiger charge is -2.15. The van der Waals surface area contributed by atoms with E-state index >= 15 is 0 Å². The molecule has 3 rings (SSSR count). The highest BCUT2D eigenvalue weighted by molar-refractivity contribution is 8.04. The quantitative estimate of drug-likeness (QED) is 0.668. The van der Waals surface area contributed by atoms with Gasteiger partial charge in [-0.05, 0) is 43.7 Å². The molecule has 0 bridgehead atoms. The first-order chi connectivity index (χ1) is 12.9. The Morgan fingerprint density at radius 2 is 1.48 bits per heavy atom. The summed E-state index contributed by atoms with van der Waals surface area (Å²) in [5, 5.41) is 0.186. The average molecular weight is 381 g/mol. The fourth-order valence-electron chi connectivity index (χ4n) is 2.89. The van der Waals surface area contributed by atoms with Gasteiger partial charge in [-0.15, -0.1) is 11.8 Å². The summed E-state index contributed by atoms with van der Waals surface area (Å²) in [6.07, 6.45) is 0.0744. The summed E-state index contributed by atoms with van der Waals surface area (Å²) in [7, 11) is 0. The van der Waals surface area contributed by atoms with E-state index in [1.165, 1.54) is 16.7 Å². The van der Waals surface area contributed by atoms with Crippen LogP contribution in [0.4, 0.5) is 5.69 Å². The zero-order chi connectivity index (χ0) is 19.6. The second-order valence-corrected chi connectivity index (χ2v) is 8.43. The van der Waals surface area contributed by atoms with Crippen molar-refractivity contribution in [2.75, 3.05) is 4.90 Å². The SMILES string of the molecule is CC(C)Oc1ccc(C2=C(SC(C)C)C(=O)N(c3ccccc3)C2=O)cc1. The van der Waals surface area contributed by atoms with E-state index in [-0.39, 0.29) is 23.2 Å². The summed E-state index contributed by atoms with van der Waals surface area (Å²) in [6.45, 7) is 7.95. The van der Waals surface area contributed by atoms with Crippen LogP contribution in [0.1, 0.15) is 33.3 Å². The minimum atomic E-state index is -0.285. The second kappa shape index (κ2) is 8.01. The van der Waals surface area contributed by atoms with E-state index in [9.17, 15) is 9.59 Å². The molecule has 0 saturated heterocycles. The van der Waals surface area contributed by atoms with Gasteiger partial charge < -0.3 is 4.74 Å². The van der Waals surface area contributed by atoms with Crippen LogP contribution in [0, 0.1) is 0 Å². The molecule has 2 amide bonds. The molecule has 0 radical (unpaired) electrons. The van der Waals surface area contributed by atoms with Gasteiger partial charge >= 0.3 is 0 Å². The first-order valence-electron chi connectivity index (χ1n) is 9.00. The molecule has 0 aromatic heterocycles. The van der Waals surface area contributed by atoms with Gasteiger partial charge in [0.25, 0.3) is 11.8 Å². The number of ether oxygens (including phenoxy) is 1. The van der Waals surface area contributed by atoms with Crippen molar-refractivity contribution in [1.82, 2.24) is 0 Å². The molecule has 0 spiro atoms. The van der Waals surface area contributed by atoms with Gasteiger partial charge in [0.15, 0.2) is 0 Å². The number of carbonyl (C=O) groups excluding carboxylic acids is 2. The molecule has 27 heavy (non-hydrogen) atoms. The third-order valence-electron chi connectivity index (χ3n) is 3.92. The van der Waals surface area contributed by atoms with Crippen molar-refractivity contribution in [3.8, 4) is 5.75 Å². The Morgan fingerprint density at radius 1 is 0.852 bits per heavy atom. The van der Waals surface area contributed by atoms with Gasteiger partial charge in [0.1, 0.15) is 5.75 Å². The van der Waals surface area contributed by atoms with Crippen molar-refractivity contribution < 1.29 is 14.3 Å². The molecule has 5 heteroatoms. The fourth-order valence-corrected chi connectivity index (χ4v) is 3.88. The fraction of sp³-hybridized carbons (Fsp3) is 0.273.